The van der Waals surface area contributed by atoms with Crippen LogP contribution in [0.2, 0.25) is 0 Å². The molecule has 4 rings (SSSR count). The van der Waals surface area contributed by atoms with Gasteiger partial charge in [-0.05, 0) is 67.1 Å². The lowest BCUT2D eigenvalue weighted by atomic mass is 9.88. The molecule has 2 atom stereocenters. The maximum atomic E-state index is 12.7. The van der Waals surface area contributed by atoms with Crippen molar-refractivity contribution in [1.82, 2.24) is 5.32 Å². The third kappa shape index (κ3) is 5.68. The van der Waals surface area contributed by atoms with Crippen LogP contribution in [-0.2, 0) is 17.8 Å². The van der Waals surface area contributed by atoms with Gasteiger partial charge in [-0.3, -0.25) is 9.59 Å². The summed E-state index contributed by atoms with van der Waals surface area (Å²) < 4.78 is 11.5. The fourth-order valence-corrected chi connectivity index (χ4v) is 4.26. The maximum Gasteiger partial charge on any atom is 0.304 e. The molecule has 0 saturated heterocycles. The molecule has 1 heterocycles. The van der Waals surface area contributed by atoms with E-state index in [2.05, 4.69) is 29.3 Å². The highest BCUT2D eigenvalue weighted by Gasteiger charge is 2.23. The van der Waals surface area contributed by atoms with E-state index in [0.29, 0.717) is 11.5 Å². The molecule has 0 radical (unpaired) electrons. The summed E-state index contributed by atoms with van der Waals surface area (Å²) in [5.74, 6) is 5.64. The molecular weight excluding hydrogens is 430 g/mol. The van der Waals surface area contributed by atoms with E-state index < -0.39 is 5.97 Å². The summed E-state index contributed by atoms with van der Waals surface area (Å²) in [7, 11) is 0. The molecule has 0 fully saturated rings. The number of benzene rings is 2. The molecule has 34 heavy (non-hydrogen) atoms. The van der Waals surface area contributed by atoms with Crippen LogP contribution in [0.4, 0.5) is 0 Å². The Labute approximate surface area is 198 Å². The van der Waals surface area contributed by atoms with Crippen molar-refractivity contribution < 1.29 is 23.8 Å². The van der Waals surface area contributed by atoms with E-state index in [-0.39, 0.29) is 36.7 Å². The lowest BCUT2D eigenvalue weighted by Gasteiger charge is -2.25. The van der Waals surface area contributed by atoms with Gasteiger partial charge in [-0.1, -0.05) is 42.3 Å². The van der Waals surface area contributed by atoms with E-state index in [0.717, 1.165) is 24.8 Å². The van der Waals surface area contributed by atoms with E-state index in [1.807, 2.05) is 24.3 Å². The van der Waals surface area contributed by atoms with E-state index in [1.165, 1.54) is 11.1 Å². The van der Waals surface area contributed by atoms with Crippen LogP contribution < -0.4 is 10.1 Å². The number of carbonyl (C=O) groups is 2. The number of fused-ring (bicyclic) bond motifs is 1. The van der Waals surface area contributed by atoms with Gasteiger partial charge in [0.15, 0.2) is 5.76 Å². The normalized spacial score (nSPS) is 15.4. The Bertz CT molecular complexity index is 1220. The number of rotatable bonds is 8. The van der Waals surface area contributed by atoms with Gasteiger partial charge in [0.05, 0.1) is 18.4 Å². The Morgan fingerprint density at radius 2 is 1.94 bits per heavy atom. The van der Waals surface area contributed by atoms with Crippen LogP contribution in [0.5, 0.6) is 5.75 Å². The molecule has 0 spiro atoms. The molecule has 1 aromatic heterocycles. The SMILES string of the molecule is CC#CC(CC(=O)O)c1ccc(OCc2ccc(C(=O)NC3CCCc4ccccc43)o2)cc1. The van der Waals surface area contributed by atoms with Gasteiger partial charge in [0, 0.05) is 0 Å². The standard InChI is InChI=1S/C28H27NO5/c1-2-6-21(17-27(30)31)19-11-13-22(14-12-19)33-18-23-15-16-26(34-23)28(32)29-25-10-5-8-20-7-3-4-9-24(20)25/h3-4,7,9,11-16,21,25H,5,8,10,17-18H2,1H3,(H,29,32)(H,30,31). The number of nitrogens with one attached hydrogen (secondary N) is 1. The summed E-state index contributed by atoms with van der Waals surface area (Å²) in [6, 6.07) is 18.8. The Morgan fingerprint density at radius 1 is 1.15 bits per heavy atom. The molecule has 1 amide bonds. The Morgan fingerprint density at radius 3 is 2.71 bits per heavy atom. The number of aliphatic carboxylic acids is 1. The zero-order valence-corrected chi connectivity index (χ0v) is 19.0. The van der Waals surface area contributed by atoms with E-state index in [1.54, 1.807) is 31.2 Å². The number of carboxylic acid groups (broad SMARTS) is 1. The Kier molecular flexibility index (Phi) is 7.34. The third-order valence-corrected chi connectivity index (χ3v) is 5.92. The number of aryl methyl sites for hydroxylation is 1. The summed E-state index contributed by atoms with van der Waals surface area (Å²) in [4.78, 5) is 23.8. The quantitative estimate of drug-likeness (QED) is 0.451. The highest BCUT2D eigenvalue weighted by atomic mass is 16.5. The minimum absolute atomic E-state index is 0.0110. The zero-order valence-electron chi connectivity index (χ0n) is 19.0. The number of carboxylic acids is 1. The van der Waals surface area contributed by atoms with Crippen molar-refractivity contribution in [2.24, 2.45) is 0 Å². The number of amides is 1. The van der Waals surface area contributed by atoms with Gasteiger partial charge in [0.2, 0.25) is 0 Å². The summed E-state index contributed by atoms with van der Waals surface area (Å²) >= 11 is 0. The summed E-state index contributed by atoms with van der Waals surface area (Å²) in [5, 5.41) is 12.2. The van der Waals surface area contributed by atoms with Gasteiger partial charge >= 0.3 is 5.97 Å². The summed E-state index contributed by atoms with van der Waals surface area (Å²) in [6.45, 7) is 1.87. The second kappa shape index (κ2) is 10.8. The smallest absolute Gasteiger partial charge is 0.304 e. The first-order chi connectivity index (χ1) is 16.5. The number of furan rings is 1. The van der Waals surface area contributed by atoms with Gasteiger partial charge in [0.1, 0.15) is 18.1 Å². The first-order valence-corrected chi connectivity index (χ1v) is 11.4. The number of hydrogen-bond acceptors (Lipinski definition) is 4. The molecule has 174 valence electrons. The highest BCUT2D eigenvalue weighted by Crippen LogP contribution is 2.30. The molecule has 0 aliphatic heterocycles. The van der Waals surface area contributed by atoms with Crippen molar-refractivity contribution in [3.05, 3.63) is 88.9 Å². The van der Waals surface area contributed by atoms with Crippen LogP contribution in [0.3, 0.4) is 0 Å². The molecule has 1 aliphatic carbocycles. The topological polar surface area (TPSA) is 88.8 Å². The van der Waals surface area contributed by atoms with Gasteiger partial charge in [0.25, 0.3) is 5.91 Å². The van der Waals surface area contributed by atoms with E-state index in [9.17, 15) is 9.59 Å². The number of hydrogen-bond donors (Lipinski definition) is 2. The first kappa shape index (κ1) is 23.2. The average Bonchev–Trinajstić information content (AvgIpc) is 3.32. The fraction of sp³-hybridized carbons (Fsp3) is 0.286. The van der Waals surface area contributed by atoms with Crippen LogP contribution in [0.15, 0.2) is 65.1 Å². The first-order valence-electron chi connectivity index (χ1n) is 11.4. The maximum absolute atomic E-state index is 12.7. The molecule has 1 aliphatic rings. The van der Waals surface area contributed by atoms with E-state index >= 15 is 0 Å². The van der Waals surface area contributed by atoms with Crippen LogP contribution in [-0.4, -0.2) is 17.0 Å². The lowest BCUT2D eigenvalue weighted by molar-refractivity contribution is -0.137. The molecule has 2 aromatic carbocycles. The minimum Gasteiger partial charge on any atom is -0.486 e. The van der Waals surface area contributed by atoms with Crippen molar-refractivity contribution in [2.45, 2.75) is 51.2 Å². The van der Waals surface area contributed by atoms with E-state index in [4.69, 9.17) is 14.3 Å². The van der Waals surface area contributed by atoms with Crippen LogP contribution in [0, 0.1) is 11.8 Å². The molecule has 2 N–H and O–H groups in total. The van der Waals surface area contributed by atoms with Crippen molar-refractivity contribution in [1.29, 1.82) is 0 Å². The molecule has 6 nitrogen and oxygen atoms in total. The van der Waals surface area contributed by atoms with Crippen molar-refractivity contribution in [3.63, 3.8) is 0 Å². The van der Waals surface area contributed by atoms with Crippen molar-refractivity contribution in [3.8, 4) is 17.6 Å². The summed E-state index contributed by atoms with van der Waals surface area (Å²) in [5.41, 5.74) is 3.29. The lowest BCUT2D eigenvalue weighted by Crippen LogP contribution is -2.30. The Balaban J connectivity index is 1.34. The average molecular weight is 458 g/mol. The molecule has 0 saturated carbocycles. The second-order valence-corrected chi connectivity index (χ2v) is 8.29. The van der Waals surface area contributed by atoms with Gasteiger partial charge in [-0.2, -0.15) is 0 Å². The predicted molar refractivity (Wildman–Crippen MR) is 128 cm³/mol. The summed E-state index contributed by atoms with van der Waals surface area (Å²) in [6.07, 6.45) is 2.94. The predicted octanol–water partition coefficient (Wildman–Crippen LogP) is 5.25. The number of ether oxygens (including phenoxy) is 1. The molecule has 0 bridgehead atoms. The molecule has 6 heteroatoms. The van der Waals surface area contributed by atoms with Gasteiger partial charge < -0.3 is 19.6 Å². The van der Waals surface area contributed by atoms with Crippen LogP contribution in [0.1, 0.15) is 71.2 Å². The van der Waals surface area contributed by atoms with Crippen LogP contribution >= 0.6 is 0 Å². The minimum atomic E-state index is -0.890. The fourth-order valence-electron chi connectivity index (χ4n) is 4.26. The van der Waals surface area contributed by atoms with Crippen molar-refractivity contribution in [2.75, 3.05) is 0 Å². The Hall–Kier alpha value is -3.98. The largest absolute Gasteiger partial charge is 0.486 e. The molecular formula is C28H27NO5. The second-order valence-electron chi connectivity index (χ2n) is 8.29. The van der Waals surface area contributed by atoms with Crippen LogP contribution in [0.25, 0.3) is 0 Å². The van der Waals surface area contributed by atoms with Gasteiger partial charge in [-0.25, -0.2) is 0 Å². The number of carbonyl (C=O) groups excluding carboxylic acids is 1. The molecule has 2 unspecified atom stereocenters. The molecule has 3 aromatic rings. The van der Waals surface area contributed by atoms with Crippen molar-refractivity contribution >= 4 is 11.9 Å². The highest BCUT2D eigenvalue weighted by molar-refractivity contribution is 5.91. The van der Waals surface area contributed by atoms with Gasteiger partial charge in [-0.15, -0.1) is 5.92 Å². The zero-order chi connectivity index (χ0) is 23.9. The monoisotopic (exact) mass is 457 g/mol. The third-order valence-electron chi connectivity index (χ3n) is 5.92.